The van der Waals surface area contributed by atoms with Crippen molar-refractivity contribution in [3.8, 4) is 0 Å². The third-order valence-electron chi connectivity index (χ3n) is 6.72. The Morgan fingerprint density at radius 3 is 2.61 bits per heavy atom. The van der Waals surface area contributed by atoms with Crippen LogP contribution >= 0.6 is 0 Å². The number of benzene rings is 1. The van der Waals surface area contributed by atoms with E-state index in [0.717, 1.165) is 52.9 Å². The Hall–Kier alpha value is -3.81. The molecule has 0 atom stereocenters. The number of nitrogens with zero attached hydrogens (tertiary/aromatic N) is 5. The van der Waals surface area contributed by atoms with E-state index in [4.69, 9.17) is 9.72 Å². The number of hydrogen-bond donors (Lipinski definition) is 0. The minimum absolute atomic E-state index is 0.0248. The Kier molecular flexibility index (Phi) is 8.09. The van der Waals surface area contributed by atoms with Crippen molar-refractivity contribution in [2.24, 2.45) is 10.2 Å². The summed E-state index contributed by atoms with van der Waals surface area (Å²) in [5, 5.41) is 7.73. The van der Waals surface area contributed by atoms with E-state index in [-0.39, 0.29) is 12.4 Å². The molecular weight excluding hydrogens is 481 g/mol. The van der Waals surface area contributed by atoms with Crippen molar-refractivity contribution in [3.63, 3.8) is 0 Å². The number of allylic oxidation sites excluding steroid dienone is 2. The standard InChI is InChI=1S/C30H36FN5O2/c1-20-10-9-13-27(34-20)24-16-23-12-8-7-11-22-14-15-26(31)25(21(22)2)18-36(29(37)38-30(3,4)5)28(23)35(17-24)19-33-32-6/h9-10,13-16,19H,6-8,11-12,17-18H2,1-5H3/b33-19-. The smallest absolute Gasteiger partial charge is 0.416 e. The predicted octanol–water partition coefficient (Wildman–Crippen LogP) is 6.56. The lowest BCUT2D eigenvalue weighted by atomic mass is 9.96. The van der Waals surface area contributed by atoms with Gasteiger partial charge < -0.3 is 9.64 Å². The number of ether oxygens (including phenoxy) is 1. The van der Waals surface area contributed by atoms with Gasteiger partial charge in [-0.1, -0.05) is 12.1 Å². The summed E-state index contributed by atoms with van der Waals surface area (Å²) < 4.78 is 21.1. The molecule has 0 unspecified atom stereocenters. The third kappa shape index (κ3) is 6.18. The molecule has 2 aromatic rings. The largest absolute Gasteiger partial charge is 0.443 e. The number of rotatable bonds is 3. The van der Waals surface area contributed by atoms with Crippen LogP contribution in [0.2, 0.25) is 0 Å². The van der Waals surface area contributed by atoms with E-state index in [9.17, 15) is 4.79 Å². The zero-order valence-electron chi connectivity index (χ0n) is 22.9. The van der Waals surface area contributed by atoms with Crippen LogP contribution in [0, 0.1) is 19.7 Å². The topological polar surface area (TPSA) is 70.4 Å². The molecule has 2 aliphatic rings. The van der Waals surface area contributed by atoms with Crippen LogP contribution in [0.15, 0.2) is 58.0 Å². The van der Waals surface area contributed by atoms with Crippen molar-refractivity contribution in [2.75, 3.05) is 6.54 Å². The van der Waals surface area contributed by atoms with Gasteiger partial charge in [0.05, 0.1) is 18.8 Å². The van der Waals surface area contributed by atoms with E-state index in [1.807, 2.05) is 63.8 Å². The van der Waals surface area contributed by atoms with E-state index in [2.05, 4.69) is 23.0 Å². The summed E-state index contributed by atoms with van der Waals surface area (Å²) in [7, 11) is 0. The van der Waals surface area contributed by atoms with Gasteiger partial charge in [0.15, 0.2) is 0 Å². The maximum absolute atomic E-state index is 15.3. The first-order valence-corrected chi connectivity index (χ1v) is 13.0. The van der Waals surface area contributed by atoms with E-state index >= 15 is 4.39 Å². The highest BCUT2D eigenvalue weighted by molar-refractivity contribution is 5.78. The van der Waals surface area contributed by atoms with Crippen molar-refractivity contribution < 1.29 is 13.9 Å². The van der Waals surface area contributed by atoms with Crippen molar-refractivity contribution in [3.05, 3.63) is 81.7 Å². The Morgan fingerprint density at radius 2 is 1.89 bits per heavy atom. The van der Waals surface area contributed by atoms with Crippen LogP contribution in [-0.2, 0) is 17.7 Å². The minimum atomic E-state index is -0.734. The first kappa shape index (κ1) is 27.2. The van der Waals surface area contributed by atoms with Gasteiger partial charge in [-0.2, -0.15) is 5.10 Å². The number of hydrogen-bond acceptors (Lipinski definition) is 5. The highest BCUT2D eigenvalue weighted by Crippen LogP contribution is 2.34. The third-order valence-corrected chi connectivity index (χ3v) is 6.72. The van der Waals surface area contributed by atoms with Gasteiger partial charge in [0.1, 0.15) is 23.6 Å². The molecule has 1 aromatic heterocycles. The maximum atomic E-state index is 15.3. The maximum Gasteiger partial charge on any atom is 0.416 e. The fourth-order valence-electron chi connectivity index (χ4n) is 4.92. The molecule has 0 N–H and O–H groups in total. The first-order valence-electron chi connectivity index (χ1n) is 13.0. The zero-order chi connectivity index (χ0) is 27.4. The lowest BCUT2D eigenvalue weighted by Gasteiger charge is -2.37. The molecule has 0 aliphatic carbocycles. The van der Waals surface area contributed by atoms with Crippen LogP contribution in [0.5, 0.6) is 0 Å². The van der Waals surface area contributed by atoms with Gasteiger partial charge in [-0.15, -0.1) is 5.10 Å². The fraction of sp³-hybridized carbons (Fsp3) is 0.400. The Morgan fingerprint density at radius 1 is 1.13 bits per heavy atom. The molecule has 0 radical (unpaired) electrons. The summed E-state index contributed by atoms with van der Waals surface area (Å²) in [6.45, 7) is 13.3. The van der Waals surface area contributed by atoms with E-state index in [1.54, 1.807) is 6.34 Å². The molecule has 1 aromatic carbocycles. The number of pyridine rings is 1. The van der Waals surface area contributed by atoms with Gasteiger partial charge in [0.25, 0.3) is 0 Å². The van der Waals surface area contributed by atoms with Crippen LogP contribution in [-0.4, -0.2) is 46.1 Å². The molecule has 8 heteroatoms. The summed E-state index contributed by atoms with van der Waals surface area (Å²) in [6, 6.07) is 9.27. The van der Waals surface area contributed by atoms with E-state index in [0.29, 0.717) is 24.4 Å². The van der Waals surface area contributed by atoms with E-state index < -0.39 is 11.7 Å². The van der Waals surface area contributed by atoms with Gasteiger partial charge in [0.2, 0.25) is 0 Å². The quantitative estimate of drug-likeness (QED) is 0.263. The highest BCUT2D eigenvalue weighted by Gasteiger charge is 2.33. The molecule has 2 bridgehead atoms. The van der Waals surface area contributed by atoms with Crippen LogP contribution in [0.4, 0.5) is 9.18 Å². The van der Waals surface area contributed by atoms with Gasteiger partial charge in [-0.3, -0.25) is 9.88 Å². The Labute approximate surface area is 224 Å². The SMILES string of the molecule is C=N/N=C\N1CC(c2cccc(C)n2)=CC2=C1N(C(=O)OC(C)(C)C)Cc1c(F)ccc(c1C)CCCC2. The number of carbonyl (C=O) groups is 1. The molecule has 1 amide bonds. The van der Waals surface area contributed by atoms with Crippen molar-refractivity contribution in [1.82, 2.24) is 14.8 Å². The van der Waals surface area contributed by atoms with Crippen molar-refractivity contribution in [1.29, 1.82) is 0 Å². The molecule has 0 fully saturated rings. The highest BCUT2D eigenvalue weighted by atomic mass is 19.1. The Bertz CT molecular complexity index is 1320. The normalized spacial score (nSPS) is 16.6. The van der Waals surface area contributed by atoms with Gasteiger partial charge in [-0.05, 0) is 107 Å². The van der Waals surface area contributed by atoms with Crippen LogP contribution in [0.3, 0.4) is 0 Å². The number of fused-ring (bicyclic) bond motifs is 2. The molecular formula is C30H36FN5O2. The number of carbonyl (C=O) groups excluding carboxylic acids is 1. The van der Waals surface area contributed by atoms with E-state index in [1.165, 1.54) is 11.0 Å². The molecule has 4 rings (SSSR count). The fourth-order valence-corrected chi connectivity index (χ4v) is 4.92. The lowest BCUT2D eigenvalue weighted by molar-refractivity contribution is 0.0259. The Balaban J connectivity index is 1.94. The molecule has 2 aliphatic heterocycles. The second-order valence-electron chi connectivity index (χ2n) is 10.8. The number of halogens is 1. The summed E-state index contributed by atoms with van der Waals surface area (Å²) >= 11 is 0. The van der Waals surface area contributed by atoms with Gasteiger partial charge in [0, 0.05) is 18.0 Å². The van der Waals surface area contributed by atoms with Crippen molar-refractivity contribution in [2.45, 2.75) is 72.4 Å². The predicted molar refractivity (Wildman–Crippen MR) is 149 cm³/mol. The first-order chi connectivity index (χ1) is 18.1. The molecule has 0 spiro atoms. The lowest BCUT2D eigenvalue weighted by Crippen LogP contribution is -2.44. The number of aromatic nitrogens is 1. The van der Waals surface area contributed by atoms with Crippen LogP contribution in [0.25, 0.3) is 5.57 Å². The molecule has 0 saturated carbocycles. The molecule has 38 heavy (non-hydrogen) atoms. The monoisotopic (exact) mass is 517 g/mol. The van der Waals surface area contributed by atoms with Gasteiger partial charge >= 0.3 is 6.09 Å². The zero-order valence-corrected chi connectivity index (χ0v) is 22.9. The summed E-state index contributed by atoms with van der Waals surface area (Å²) in [6.07, 6.45) is 6.50. The van der Waals surface area contributed by atoms with Crippen LogP contribution < -0.4 is 0 Å². The average molecular weight is 518 g/mol. The molecule has 0 saturated heterocycles. The average Bonchev–Trinajstić information content (AvgIpc) is 2.86. The molecule has 3 heterocycles. The number of amides is 1. The van der Waals surface area contributed by atoms with Gasteiger partial charge in [-0.25, -0.2) is 9.18 Å². The summed E-state index contributed by atoms with van der Waals surface area (Å²) in [5.41, 5.74) is 5.41. The molecule has 7 nitrogen and oxygen atoms in total. The summed E-state index contributed by atoms with van der Waals surface area (Å²) in [5.74, 6) is 0.263. The second-order valence-corrected chi connectivity index (χ2v) is 10.8. The second kappa shape index (κ2) is 11.3. The minimum Gasteiger partial charge on any atom is -0.443 e. The summed E-state index contributed by atoms with van der Waals surface area (Å²) in [4.78, 5) is 21.9. The molecule has 200 valence electrons. The van der Waals surface area contributed by atoms with Crippen LogP contribution in [0.1, 0.15) is 68.1 Å². The van der Waals surface area contributed by atoms with Crippen molar-refractivity contribution >= 4 is 24.7 Å². The number of aryl methyl sites for hydroxylation is 2.